The van der Waals surface area contributed by atoms with Gasteiger partial charge in [0.1, 0.15) is 0 Å². The molecule has 0 bridgehead atoms. The Bertz CT molecular complexity index is 283. The van der Waals surface area contributed by atoms with Gasteiger partial charge >= 0.3 is 5.97 Å². The molecular weight excluding hydrogens is 224 g/mol. The predicted octanol–water partition coefficient (Wildman–Crippen LogP) is -0.402. The first-order chi connectivity index (χ1) is 8.00. The zero-order valence-electron chi connectivity index (χ0n) is 9.76. The van der Waals surface area contributed by atoms with Crippen molar-refractivity contribution in [3.8, 4) is 0 Å². The van der Waals surface area contributed by atoms with E-state index in [0.29, 0.717) is 6.42 Å². The van der Waals surface area contributed by atoms with Gasteiger partial charge in [-0.2, -0.15) is 0 Å². The van der Waals surface area contributed by atoms with E-state index in [0.717, 1.165) is 19.3 Å². The van der Waals surface area contributed by atoms with E-state index in [1.807, 2.05) is 0 Å². The van der Waals surface area contributed by atoms with E-state index in [4.69, 9.17) is 10.8 Å². The second-order valence-corrected chi connectivity index (χ2v) is 4.51. The quantitative estimate of drug-likeness (QED) is 0.525. The zero-order chi connectivity index (χ0) is 12.8. The number of carbonyl (C=O) groups excluding carboxylic acids is 1. The van der Waals surface area contributed by atoms with Crippen LogP contribution in [0.2, 0.25) is 0 Å². The summed E-state index contributed by atoms with van der Waals surface area (Å²) in [4.78, 5) is 22.0. The summed E-state index contributed by atoms with van der Waals surface area (Å²) in [6.45, 7) is 0. The lowest BCUT2D eigenvalue weighted by atomic mass is 9.92. The highest BCUT2D eigenvalue weighted by Crippen LogP contribution is 2.18. The van der Waals surface area contributed by atoms with E-state index >= 15 is 0 Å². The molecule has 1 rings (SSSR count). The van der Waals surface area contributed by atoms with Crippen molar-refractivity contribution >= 4 is 11.9 Å². The van der Waals surface area contributed by atoms with Gasteiger partial charge in [-0.05, 0) is 19.3 Å². The van der Waals surface area contributed by atoms with Crippen molar-refractivity contribution < 1.29 is 19.8 Å². The van der Waals surface area contributed by atoms with Gasteiger partial charge in [-0.3, -0.25) is 9.59 Å². The third kappa shape index (κ3) is 4.70. The number of carboxylic acid groups (broad SMARTS) is 1. The van der Waals surface area contributed by atoms with Gasteiger partial charge in [-0.15, -0.1) is 0 Å². The fourth-order valence-electron chi connectivity index (χ4n) is 1.98. The first kappa shape index (κ1) is 13.9. The van der Waals surface area contributed by atoms with E-state index in [1.54, 1.807) is 0 Å². The monoisotopic (exact) mass is 244 g/mol. The van der Waals surface area contributed by atoms with Gasteiger partial charge in [0.15, 0.2) is 0 Å². The minimum Gasteiger partial charge on any atom is -0.481 e. The van der Waals surface area contributed by atoms with Crippen molar-refractivity contribution in [3.63, 3.8) is 0 Å². The summed E-state index contributed by atoms with van der Waals surface area (Å²) in [5.74, 6) is -1.34. The molecule has 1 aliphatic carbocycles. The Hall–Kier alpha value is -1.14. The number of aliphatic hydroxyl groups is 1. The second kappa shape index (κ2) is 6.56. The highest BCUT2D eigenvalue weighted by atomic mass is 16.4. The number of hydrogen-bond donors (Lipinski definition) is 4. The van der Waals surface area contributed by atoms with Crippen molar-refractivity contribution in [2.75, 3.05) is 0 Å². The van der Waals surface area contributed by atoms with E-state index in [-0.39, 0.29) is 24.8 Å². The van der Waals surface area contributed by atoms with Crippen LogP contribution in [-0.2, 0) is 9.59 Å². The Morgan fingerprint density at radius 2 is 2.00 bits per heavy atom. The van der Waals surface area contributed by atoms with Crippen LogP contribution in [0, 0.1) is 0 Å². The smallest absolute Gasteiger partial charge is 0.303 e. The van der Waals surface area contributed by atoms with Gasteiger partial charge in [0.05, 0.1) is 18.2 Å². The zero-order valence-corrected chi connectivity index (χ0v) is 9.76. The van der Waals surface area contributed by atoms with Crippen LogP contribution in [0.15, 0.2) is 0 Å². The lowest BCUT2D eigenvalue weighted by molar-refractivity contribution is -0.137. The maximum atomic E-state index is 11.6. The fourth-order valence-corrected chi connectivity index (χ4v) is 1.98. The minimum atomic E-state index is -0.967. The van der Waals surface area contributed by atoms with Gasteiger partial charge < -0.3 is 21.3 Å². The number of carbonyl (C=O) groups is 2. The van der Waals surface area contributed by atoms with Crippen LogP contribution < -0.4 is 11.1 Å². The Balaban J connectivity index is 2.34. The molecule has 3 atom stereocenters. The van der Waals surface area contributed by atoms with Crippen molar-refractivity contribution in [1.29, 1.82) is 0 Å². The number of hydrogen-bond acceptors (Lipinski definition) is 4. The first-order valence-corrected chi connectivity index (χ1v) is 5.96. The number of nitrogens with two attached hydrogens (primary N) is 1. The third-order valence-corrected chi connectivity index (χ3v) is 3.06. The van der Waals surface area contributed by atoms with E-state index in [2.05, 4.69) is 5.32 Å². The molecule has 0 aromatic carbocycles. The second-order valence-electron chi connectivity index (χ2n) is 4.51. The number of aliphatic hydroxyl groups excluding tert-OH is 1. The van der Waals surface area contributed by atoms with Gasteiger partial charge in [-0.1, -0.05) is 12.8 Å². The van der Waals surface area contributed by atoms with Crippen LogP contribution in [0.25, 0.3) is 0 Å². The molecule has 1 unspecified atom stereocenters. The number of amides is 1. The number of nitrogens with one attached hydrogen (secondary N) is 1. The van der Waals surface area contributed by atoms with E-state index in [1.165, 1.54) is 0 Å². The average Bonchev–Trinajstić information content (AvgIpc) is 2.28. The molecule has 17 heavy (non-hydrogen) atoms. The standard InChI is InChI=1S/C11H20N2O4/c12-7(5-6-10(15)16)11(17)13-8-3-1-2-4-9(8)14/h7-9,14H,1-6,12H2,(H,13,17)(H,15,16)/t7?,8-,9-/m1/s1. The molecule has 98 valence electrons. The topological polar surface area (TPSA) is 113 Å². The van der Waals surface area contributed by atoms with Crippen LogP contribution in [-0.4, -0.2) is 40.3 Å². The summed E-state index contributed by atoms with van der Waals surface area (Å²) >= 11 is 0. The van der Waals surface area contributed by atoms with Crippen LogP contribution in [0.5, 0.6) is 0 Å². The molecule has 1 aliphatic rings. The van der Waals surface area contributed by atoms with Crippen LogP contribution in [0.3, 0.4) is 0 Å². The molecule has 0 saturated heterocycles. The molecule has 0 aliphatic heterocycles. The number of carboxylic acids is 1. The molecule has 1 fully saturated rings. The lowest BCUT2D eigenvalue weighted by Gasteiger charge is -2.29. The maximum absolute atomic E-state index is 11.6. The molecule has 0 radical (unpaired) electrons. The van der Waals surface area contributed by atoms with Crippen LogP contribution in [0.1, 0.15) is 38.5 Å². The van der Waals surface area contributed by atoms with Gasteiger partial charge in [-0.25, -0.2) is 0 Å². The van der Waals surface area contributed by atoms with Gasteiger partial charge in [0, 0.05) is 6.42 Å². The molecule has 1 amide bonds. The fraction of sp³-hybridized carbons (Fsp3) is 0.818. The molecule has 5 N–H and O–H groups in total. The Kier molecular flexibility index (Phi) is 5.37. The Morgan fingerprint density at radius 1 is 1.35 bits per heavy atom. The number of rotatable bonds is 5. The SMILES string of the molecule is NC(CCC(=O)O)C(=O)N[C@@H]1CCCC[C@H]1O. The summed E-state index contributed by atoms with van der Waals surface area (Å²) in [5, 5.41) is 20.8. The first-order valence-electron chi connectivity index (χ1n) is 5.96. The Morgan fingerprint density at radius 3 is 2.59 bits per heavy atom. The summed E-state index contributed by atoms with van der Waals surface area (Å²) in [7, 11) is 0. The summed E-state index contributed by atoms with van der Waals surface area (Å²) in [5.41, 5.74) is 5.57. The van der Waals surface area contributed by atoms with Crippen molar-refractivity contribution in [3.05, 3.63) is 0 Å². The maximum Gasteiger partial charge on any atom is 0.303 e. The molecule has 6 nitrogen and oxygen atoms in total. The molecule has 6 heteroatoms. The molecule has 0 aromatic rings. The van der Waals surface area contributed by atoms with Crippen molar-refractivity contribution in [2.24, 2.45) is 5.73 Å². The van der Waals surface area contributed by atoms with Crippen LogP contribution >= 0.6 is 0 Å². The van der Waals surface area contributed by atoms with Gasteiger partial charge in [0.25, 0.3) is 0 Å². The van der Waals surface area contributed by atoms with Crippen molar-refractivity contribution in [2.45, 2.75) is 56.7 Å². The molecule has 1 saturated carbocycles. The Labute approximate surface area is 100 Å². The number of aliphatic carboxylic acids is 1. The average molecular weight is 244 g/mol. The molecule has 0 aromatic heterocycles. The lowest BCUT2D eigenvalue weighted by Crippen LogP contribution is -2.50. The van der Waals surface area contributed by atoms with Crippen molar-refractivity contribution in [1.82, 2.24) is 5.32 Å². The molecular formula is C11H20N2O4. The third-order valence-electron chi connectivity index (χ3n) is 3.06. The largest absolute Gasteiger partial charge is 0.481 e. The van der Waals surface area contributed by atoms with Gasteiger partial charge in [0.2, 0.25) is 5.91 Å². The highest BCUT2D eigenvalue weighted by molar-refractivity contribution is 5.82. The summed E-state index contributed by atoms with van der Waals surface area (Å²) in [6, 6.07) is -1.06. The molecule has 0 heterocycles. The molecule has 0 spiro atoms. The van der Waals surface area contributed by atoms with E-state index in [9.17, 15) is 14.7 Å². The normalized spacial score (nSPS) is 26.2. The minimum absolute atomic E-state index is 0.115. The predicted molar refractivity (Wildman–Crippen MR) is 61.3 cm³/mol. The summed E-state index contributed by atoms with van der Waals surface area (Å²) in [6.07, 6.45) is 2.87. The highest BCUT2D eigenvalue weighted by Gasteiger charge is 2.26. The van der Waals surface area contributed by atoms with Crippen LogP contribution in [0.4, 0.5) is 0 Å². The van der Waals surface area contributed by atoms with E-state index < -0.39 is 18.1 Å². The summed E-state index contributed by atoms with van der Waals surface area (Å²) < 4.78 is 0.